The molecule has 2 aromatic carbocycles. The van der Waals surface area contributed by atoms with Gasteiger partial charge in [0.15, 0.2) is 11.5 Å². The van der Waals surface area contributed by atoms with E-state index in [0.717, 1.165) is 17.7 Å². The van der Waals surface area contributed by atoms with Gasteiger partial charge in [0.2, 0.25) is 0 Å². The van der Waals surface area contributed by atoms with Crippen molar-refractivity contribution in [1.29, 1.82) is 0 Å². The second-order valence-electron chi connectivity index (χ2n) is 7.33. The molecule has 2 heterocycles. The SMILES string of the molecule is CC(C)c1ccc(S(=O)Nc2ccc(F)c(NC(=O)c3cnc4nc[nH]c4c3)c2F)cc1. The van der Waals surface area contributed by atoms with Crippen molar-refractivity contribution in [2.45, 2.75) is 24.7 Å². The van der Waals surface area contributed by atoms with Crippen LogP contribution in [-0.2, 0) is 11.0 Å². The van der Waals surface area contributed by atoms with Crippen LogP contribution in [0.3, 0.4) is 0 Å². The number of H-pyrrole nitrogens is 1. The normalized spacial score (nSPS) is 12.2. The minimum Gasteiger partial charge on any atom is -0.343 e. The highest BCUT2D eigenvalue weighted by Gasteiger charge is 2.19. The van der Waals surface area contributed by atoms with E-state index in [0.29, 0.717) is 22.0 Å². The average Bonchev–Trinajstić information content (AvgIpc) is 3.26. The van der Waals surface area contributed by atoms with Gasteiger partial charge in [-0.25, -0.2) is 23.0 Å². The second-order valence-corrected chi connectivity index (χ2v) is 8.54. The van der Waals surface area contributed by atoms with Gasteiger partial charge in [0.05, 0.1) is 28.0 Å². The fraction of sp³-hybridized carbons (Fsp3) is 0.136. The smallest absolute Gasteiger partial charge is 0.257 e. The van der Waals surface area contributed by atoms with E-state index in [1.165, 1.54) is 18.6 Å². The van der Waals surface area contributed by atoms with Gasteiger partial charge < -0.3 is 10.3 Å². The summed E-state index contributed by atoms with van der Waals surface area (Å²) in [5, 5.41) is 2.22. The quantitative estimate of drug-likeness (QED) is 0.391. The minimum atomic E-state index is -1.79. The van der Waals surface area contributed by atoms with Gasteiger partial charge in [-0.3, -0.25) is 9.52 Å². The van der Waals surface area contributed by atoms with Crippen LogP contribution in [0, 0.1) is 11.6 Å². The summed E-state index contributed by atoms with van der Waals surface area (Å²) in [5.74, 6) is -2.48. The molecule has 1 unspecified atom stereocenters. The molecule has 1 atom stereocenters. The van der Waals surface area contributed by atoms with Crippen LogP contribution in [0.2, 0.25) is 0 Å². The van der Waals surface area contributed by atoms with Crippen LogP contribution < -0.4 is 10.0 Å². The first-order valence-corrected chi connectivity index (χ1v) is 10.9. The number of pyridine rings is 1. The molecule has 0 fully saturated rings. The fourth-order valence-electron chi connectivity index (χ4n) is 3.02. The zero-order valence-electron chi connectivity index (χ0n) is 17.1. The number of nitrogens with zero attached hydrogens (tertiary/aromatic N) is 2. The Morgan fingerprint density at radius 3 is 2.56 bits per heavy atom. The van der Waals surface area contributed by atoms with Crippen LogP contribution in [0.15, 0.2) is 59.9 Å². The van der Waals surface area contributed by atoms with Crippen molar-refractivity contribution in [1.82, 2.24) is 15.0 Å². The summed E-state index contributed by atoms with van der Waals surface area (Å²) in [5.41, 5.74) is 1.22. The van der Waals surface area contributed by atoms with E-state index >= 15 is 0 Å². The molecule has 0 aliphatic rings. The molecule has 4 aromatic rings. The summed E-state index contributed by atoms with van der Waals surface area (Å²) in [6.07, 6.45) is 2.68. The lowest BCUT2D eigenvalue weighted by Crippen LogP contribution is -2.16. The van der Waals surface area contributed by atoms with Gasteiger partial charge in [-0.2, -0.15) is 0 Å². The number of amides is 1. The number of carbonyl (C=O) groups is 1. The summed E-state index contributed by atoms with van der Waals surface area (Å²) in [4.78, 5) is 23.7. The maximum Gasteiger partial charge on any atom is 0.257 e. The number of imidazole rings is 1. The molecule has 4 rings (SSSR count). The fourth-order valence-corrected chi connectivity index (χ4v) is 3.88. The molecule has 7 nitrogen and oxygen atoms in total. The third kappa shape index (κ3) is 4.35. The summed E-state index contributed by atoms with van der Waals surface area (Å²) in [7, 11) is -1.79. The predicted octanol–water partition coefficient (Wildman–Crippen LogP) is 4.75. The van der Waals surface area contributed by atoms with Crippen LogP contribution in [-0.4, -0.2) is 25.1 Å². The summed E-state index contributed by atoms with van der Waals surface area (Å²) < 4.78 is 44.4. The Morgan fingerprint density at radius 1 is 1.09 bits per heavy atom. The third-order valence-corrected chi connectivity index (χ3v) is 5.93. The number of anilines is 2. The number of aromatic amines is 1. The summed E-state index contributed by atoms with van der Waals surface area (Å²) in [6, 6.07) is 10.6. The van der Waals surface area contributed by atoms with Gasteiger partial charge in [-0.15, -0.1) is 0 Å². The molecule has 0 saturated heterocycles. The number of rotatable bonds is 6. The van der Waals surface area contributed by atoms with Crippen molar-refractivity contribution < 1.29 is 17.8 Å². The molecule has 0 bridgehead atoms. The van der Waals surface area contributed by atoms with Crippen molar-refractivity contribution in [3.63, 3.8) is 0 Å². The lowest BCUT2D eigenvalue weighted by atomic mass is 10.0. The Morgan fingerprint density at radius 2 is 1.84 bits per heavy atom. The molecule has 0 saturated carbocycles. The Labute approximate surface area is 184 Å². The first kappa shape index (κ1) is 21.6. The van der Waals surface area contributed by atoms with Crippen LogP contribution in [0.25, 0.3) is 11.2 Å². The van der Waals surface area contributed by atoms with Gasteiger partial charge in [0.25, 0.3) is 5.91 Å². The zero-order valence-corrected chi connectivity index (χ0v) is 18.0. The lowest BCUT2D eigenvalue weighted by Gasteiger charge is -2.13. The Bertz CT molecular complexity index is 1320. The molecule has 1 amide bonds. The van der Waals surface area contributed by atoms with E-state index < -0.39 is 34.2 Å². The number of hydrogen-bond acceptors (Lipinski definition) is 4. The van der Waals surface area contributed by atoms with Gasteiger partial charge in [0.1, 0.15) is 22.5 Å². The largest absolute Gasteiger partial charge is 0.343 e. The number of nitrogens with one attached hydrogen (secondary N) is 3. The topological polar surface area (TPSA) is 99.8 Å². The van der Waals surface area contributed by atoms with E-state index in [4.69, 9.17) is 0 Å². The molecule has 0 radical (unpaired) electrons. The van der Waals surface area contributed by atoms with Crippen molar-refractivity contribution in [2.75, 3.05) is 10.0 Å². The minimum absolute atomic E-state index is 0.0905. The van der Waals surface area contributed by atoms with Gasteiger partial charge in [0, 0.05) is 6.20 Å². The van der Waals surface area contributed by atoms with E-state index in [1.807, 2.05) is 26.0 Å². The number of carbonyl (C=O) groups excluding carboxylic acids is 1. The number of hydrogen-bond donors (Lipinski definition) is 3. The molecule has 3 N–H and O–H groups in total. The van der Waals surface area contributed by atoms with Crippen LogP contribution >= 0.6 is 0 Å². The number of halogens is 2. The maximum absolute atomic E-state index is 15.0. The van der Waals surface area contributed by atoms with E-state index in [9.17, 15) is 17.8 Å². The second kappa shape index (κ2) is 8.83. The molecular formula is C22H19F2N5O2S. The Kier molecular flexibility index (Phi) is 5.95. The maximum atomic E-state index is 15.0. The van der Waals surface area contributed by atoms with Crippen LogP contribution in [0.4, 0.5) is 20.2 Å². The van der Waals surface area contributed by atoms with Gasteiger partial charge in [-0.1, -0.05) is 26.0 Å². The van der Waals surface area contributed by atoms with Crippen LogP contribution in [0.1, 0.15) is 35.7 Å². The average molecular weight is 455 g/mol. The number of benzene rings is 2. The van der Waals surface area contributed by atoms with E-state index in [1.54, 1.807) is 12.1 Å². The van der Waals surface area contributed by atoms with Gasteiger partial charge in [-0.05, 0) is 41.8 Å². The number of aromatic nitrogens is 3. The highest BCUT2D eigenvalue weighted by molar-refractivity contribution is 7.86. The van der Waals surface area contributed by atoms with Crippen LogP contribution in [0.5, 0.6) is 0 Å². The Hall–Kier alpha value is -3.66. The van der Waals surface area contributed by atoms with Crippen molar-refractivity contribution in [2.24, 2.45) is 0 Å². The molecule has 10 heteroatoms. The first-order chi connectivity index (χ1) is 15.3. The monoisotopic (exact) mass is 455 g/mol. The molecule has 32 heavy (non-hydrogen) atoms. The van der Waals surface area contributed by atoms with E-state index in [-0.39, 0.29) is 11.3 Å². The van der Waals surface area contributed by atoms with Crippen molar-refractivity contribution in [3.05, 3.63) is 77.8 Å². The molecule has 0 spiro atoms. The third-order valence-electron chi connectivity index (χ3n) is 4.83. The lowest BCUT2D eigenvalue weighted by molar-refractivity contribution is 0.102. The van der Waals surface area contributed by atoms with E-state index in [2.05, 4.69) is 25.0 Å². The molecule has 2 aromatic heterocycles. The molecule has 164 valence electrons. The molecule has 0 aliphatic carbocycles. The predicted molar refractivity (Wildman–Crippen MR) is 119 cm³/mol. The summed E-state index contributed by atoms with van der Waals surface area (Å²) >= 11 is 0. The molecular weight excluding hydrogens is 436 g/mol. The number of fused-ring (bicyclic) bond motifs is 1. The van der Waals surface area contributed by atoms with Crippen molar-refractivity contribution in [3.8, 4) is 0 Å². The highest BCUT2D eigenvalue weighted by atomic mass is 32.2. The standard InChI is InChI=1S/C22H19F2N5O2S/c1-12(2)13-3-5-15(6-4-13)32(31)29-17-8-7-16(23)20(19(17)24)28-22(30)14-9-18-21(25-10-14)27-11-26-18/h3-12,29H,1-2H3,(H,28,30)(H,25,26,27). The summed E-state index contributed by atoms with van der Waals surface area (Å²) in [6.45, 7) is 4.08. The molecule has 0 aliphatic heterocycles. The van der Waals surface area contributed by atoms with Gasteiger partial charge >= 0.3 is 0 Å². The van der Waals surface area contributed by atoms with Crippen molar-refractivity contribution >= 4 is 39.4 Å². The zero-order chi connectivity index (χ0) is 22.8. The highest BCUT2D eigenvalue weighted by Crippen LogP contribution is 2.28. The first-order valence-electron chi connectivity index (χ1n) is 9.70. The Balaban J connectivity index is 1.55.